The van der Waals surface area contributed by atoms with Crippen LogP contribution in [0.4, 0.5) is 8.78 Å². The molecule has 0 radical (unpaired) electrons. The molecule has 7 N–H and O–H groups in total. The number of hydrogen-bond donors (Lipinski definition) is 7. The lowest BCUT2D eigenvalue weighted by Gasteiger charge is -2.37. The van der Waals surface area contributed by atoms with E-state index in [1.54, 1.807) is 0 Å². The predicted molar refractivity (Wildman–Crippen MR) is 93.7 cm³/mol. The third kappa shape index (κ3) is 6.07. The molecular formula is C11H17F2N2O14P3. The Bertz CT molecular complexity index is 958. The summed E-state index contributed by atoms with van der Waals surface area (Å²) in [5.74, 6) is -4.68. The summed E-state index contributed by atoms with van der Waals surface area (Å²) in [5, 5.41) is 22.6. The van der Waals surface area contributed by atoms with E-state index in [0.29, 0.717) is 0 Å². The normalized spacial score (nSPS) is 34.8. The van der Waals surface area contributed by atoms with Gasteiger partial charge in [-0.15, -0.1) is 0 Å². The van der Waals surface area contributed by atoms with E-state index in [0.717, 1.165) is 17.2 Å². The first-order chi connectivity index (χ1) is 14.3. The number of nitrogens with one attached hydrogen (secondary N) is 1. The number of carbonyl (C=O) groups is 1. The standard InChI is InChI=1S/C11H17F2N2O14P3/c1-6-14-7(16)2-3-15(6)9-10(18,4-12)8(17)11(13,27-9)5-26-31(22,23)29-32(24,25)28-30(19,20)21/h2-3,8-9,17-18H,1,4-5H2,(H,14,16)(H,22,23)(H,24,25)(H2,19,20,21)/t8-,9+,10+,11+/m0/s1. The number of halogens is 2. The van der Waals surface area contributed by atoms with Crippen molar-refractivity contribution >= 4 is 29.4 Å². The van der Waals surface area contributed by atoms with Crippen molar-refractivity contribution in [3.05, 3.63) is 24.7 Å². The molecule has 0 aromatic rings. The van der Waals surface area contributed by atoms with E-state index in [9.17, 15) is 38.0 Å². The zero-order chi connectivity index (χ0) is 24.8. The maximum Gasteiger partial charge on any atom is 0.490 e. The highest BCUT2D eigenvalue weighted by atomic mass is 31.3. The molecule has 2 heterocycles. The van der Waals surface area contributed by atoms with Crippen molar-refractivity contribution in [2.24, 2.45) is 0 Å². The lowest BCUT2D eigenvalue weighted by atomic mass is 9.94. The van der Waals surface area contributed by atoms with Gasteiger partial charge in [-0.2, -0.15) is 8.62 Å². The monoisotopic (exact) mass is 532 g/mol. The minimum absolute atomic E-state index is 0.335. The van der Waals surface area contributed by atoms with Gasteiger partial charge in [0.25, 0.3) is 11.8 Å². The van der Waals surface area contributed by atoms with Gasteiger partial charge in [0.15, 0.2) is 17.9 Å². The number of carbonyl (C=O) groups excluding carboxylic acids is 1. The quantitative estimate of drug-likeness (QED) is 0.173. The fourth-order valence-electron chi connectivity index (χ4n) is 2.59. The molecule has 0 spiro atoms. The van der Waals surface area contributed by atoms with E-state index in [1.165, 1.54) is 0 Å². The molecule has 2 rings (SSSR count). The van der Waals surface area contributed by atoms with Gasteiger partial charge in [0, 0.05) is 12.3 Å². The van der Waals surface area contributed by atoms with E-state index in [-0.39, 0.29) is 5.82 Å². The van der Waals surface area contributed by atoms with Crippen molar-refractivity contribution in [1.82, 2.24) is 10.2 Å². The summed E-state index contributed by atoms with van der Waals surface area (Å²) in [6, 6.07) is 0. The van der Waals surface area contributed by atoms with Crippen molar-refractivity contribution in [3.63, 3.8) is 0 Å². The zero-order valence-corrected chi connectivity index (χ0v) is 18.1. The molecule has 6 atom stereocenters. The van der Waals surface area contributed by atoms with E-state index < -0.39 is 66.4 Å². The summed E-state index contributed by atoms with van der Waals surface area (Å²) in [5.41, 5.74) is -3.05. The number of amides is 1. The Morgan fingerprint density at radius 2 is 1.81 bits per heavy atom. The van der Waals surface area contributed by atoms with Crippen molar-refractivity contribution in [3.8, 4) is 0 Å². The largest absolute Gasteiger partial charge is 0.490 e. The Hall–Kier alpha value is -1.10. The van der Waals surface area contributed by atoms with Crippen LogP contribution in [0.15, 0.2) is 24.7 Å². The van der Waals surface area contributed by atoms with Crippen LogP contribution in [0.25, 0.3) is 0 Å². The number of nitrogens with zero attached hydrogens (tertiary/aromatic N) is 1. The van der Waals surface area contributed by atoms with Gasteiger partial charge >= 0.3 is 23.5 Å². The van der Waals surface area contributed by atoms with Gasteiger partial charge in [0.05, 0.1) is 0 Å². The Kier molecular flexibility index (Phi) is 7.57. The van der Waals surface area contributed by atoms with Crippen LogP contribution in [-0.4, -0.2) is 77.7 Å². The molecule has 16 nitrogen and oxygen atoms in total. The average Bonchev–Trinajstić information content (AvgIpc) is 2.80. The number of phosphoric ester groups is 1. The molecule has 2 unspecified atom stereocenters. The van der Waals surface area contributed by atoms with Crippen LogP contribution < -0.4 is 5.32 Å². The minimum atomic E-state index is -5.92. The lowest BCUT2D eigenvalue weighted by molar-refractivity contribution is -0.207. The van der Waals surface area contributed by atoms with Crippen molar-refractivity contribution in [1.29, 1.82) is 0 Å². The maximum atomic E-state index is 15.2. The summed E-state index contributed by atoms with van der Waals surface area (Å²) >= 11 is 0. The molecule has 2 aliphatic heterocycles. The van der Waals surface area contributed by atoms with Gasteiger partial charge in [-0.25, -0.2) is 22.5 Å². The van der Waals surface area contributed by atoms with Crippen LogP contribution >= 0.6 is 23.5 Å². The second kappa shape index (κ2) is 8.92. The van der Waals surface area contributed by atoms with E-state index >= 15 is 4.39 Å². The van der Waals surface area contributed by atoms with Crippen LogP contribution in [-0.2, 0) is 36.4 Å². The van der Waals surface area contributed by atoms with Gasteiger partial charge in [-0.1, -0.05) is 6.58 Å². The number of rotatable bonds is 9. The fraction of sp³-hybridized carbons (Fsp3) is 0.545. The van der Waals surface area contributed by atoms with E-state index in [4.69, 9.17) is 19.4 Å². The minimum Gasteiger partial charge on any atom is -0.384 e. The third-order valence-electron chi connectivity index (χ3n) is 3.89. The predicted octanol–water partition coefficient (Wildman–Crippen LogP) is -1.17. The molecule has 1 amide bonds. The molecule has 1 saturated heterocycles. The second-order valence-corrected chi connectivity index (χ2v) is 10.7. The van der Waals surface area contributed by atoms with Gasteiger partial charge in [-0.05, 0) is 0 Å². The van der Waals surface area contributed by atoms with Gasteiger partial charge < -0.3 is 44.7 Å². The molecule has 0 aliphatic carbocycles. The van der Waals surface area contributed by atoms with E-state index in [2.05, 4.69) is 25.0 Å². The summed E-state index contributed by atoms with van der Waals surface area (Å²) in [6.45, 7) is -0.311. The molecule has 2 aliphatic rings. The molecule has 32 heavy (non-hydrogen) atoms. The number of ether oxygens (including phenoxy) is 1. The Balaban J connectivity index is 2.21. The second-order valence-electron chi connectivity index (χ2n) is 6.31. The SMILES string of the molecule is C=C1NC(=O)C=CN1[C@@H]1O[C@](F)(COP(=O)(O)OP(=O)(O)OP(=O)(O)O)[C@@H](O)[C@]1(O)CF. The van der Waals surface area contributed by atoms with Crippen molar-refractivity contribution in [2.45, 2.75) is 23.8 Å². The topological polar surface area (TPSA) is 242 Å². The van der Waals surface area contributed by atoms with Crippen LogP contribution in [0, 0.1) is 0 Å². The van der Waals surface area contributed by atoms with E-state index in [1.807, 2.05) is 0 Å². The van der Waals surface area contributed by atoms with Gasteiger partial charge in [0.2, 0.25) is 0 Å². The summed E-state index contributed by atoms with van der Waals surface area (Å²) in [7, 11) is -17.4. The van der Waals surface area contributed by atoms with Gasteiger partial charge in [0.1, 0.15) is 19.1 Å². The molecule has 1 fully saturated rings. The first kappa shape index (κ1) is 27.1. The van der Waals surface area contributed by atoms with Crippen LogP contribution in [0.5, 0.6) is 0 Å². The molecule has 0 bridgehead atoms. The maximum absolute atomic E-state index is 15.2. The number of hydrogen-bond acceptors (Lipinski definition) is 11. The van der Waals surface area contributed by atoms with Crippen LogP contribution in [0.1, 0.15) is 0 Å². The Morgan fingerprint density at radius 3 is 2.31 bits per heavy atom. The first-order valence-corrected chi connectivity index (χ1v) is 12.4. The first-order valence-electron chi connectivity index (χ1n) is 7.92. The summed E-state index contributed by atoms with van der Waals surface area (Å²) in [6.07, 6.45) is -3.17. The van der Waals surface area contributed by atoms with Crippen molar-refractivity contribution in [2.75, 3.05) is 13.3 Å². The molecule has 184 valence electrons. The van der Waals surface area contributed by atoms with Gasteiger partial charge in [-0.3, -0.25) is 9.32 Å². The molecule has 0 aromatic carbocycles. The average molecular weight is 532 g/mol. The molecule has 21 heteroatoms. The molecule has 0 aromatic heterocycles. The molecular weight excluding hydrogens is 515 g/mol. The van der Waals surface area contributed by atoms with Crippen LogP contribution in [0.3, 0.4) is 0 Å². The number of alkyl halides is 2. The lowest BCUT2D eigenvalue weighted by Crippen LogP contribution is -2.57. The van der Waals surface area contributed by atoms with Crippen molar-refractivity contribution < 1.29 is 74.9 Å². The number of phosphoric acid groups is 3. The summed E-state index contributed by atoms with van der Waals surface area (Å²) < 4.78 is 78.0. The smallest absolute Gasteiger partial charge is 0.384 e. The highest BCUT2D eigenvalue weighted by Crippen LogP contribution is 2.66. The number of aliphatic hydroxyl groups excluding tert-OH is 1. The zero-order valence-electron chi connectivity index (χ0n) is 15.4. The summed E-state index contributed by atoms with van der Waals surface area (Å²) in [4.78, 5) is 47.4. The molecule has 0 saturated carbocycles. The Labute approximate surface area is 177 Å². The van der Waals surface area contributed by atoms with Crippen LogP contribution in [0.2, 0.25) is 0 Å². The highest BCUT2D eigenvalue weighted by Gasteiger charge is 2.67. The fourth-order valence-corrected chi connectivity index (χ4v) is 5.62. The Morgan fingerprint density at radius 1 is 1.22 bits per heavy atom. The third-order valence-corrected chi connectivity index (χ3v) is 7.67. The highest BCUT2D eigenvalue weighted by molar-refractivity contribution is 7.66. The number of aliphatic hydroxyl groups is 2.